The highest BCUT2D eigenvalue weighted by Gasteiger charge is 2.17. The van der Waals surface area contributed by atoms with E-state index in [0.29, 0.717) is 22.4 Å². The van der Waals surface area contributed by atoms with Crippen LogP contribution in [0.2, 0.25) is 0 Å². The lowest BCUT2D eigenvalue weighted by atomic mass is 10.1. The van der Waals surface area contributed by atoms with Crippen molar-refractivity contribution in [3.05, 3.63) is 53.1 Å². The van der Waals surface area contributed by atoms with Crippen LogP contribution in [0.1, 0.15) is 27.2 Å². The molecule has 136 valence electrons. The van der Waals surface area contributed by atoms with E-state index in [4.69, 9.17) is 0 Å². The summed E-state index contributed by atoms with van der Waals surface area (Å²) in [6.07, 6.45) is 6.55. The van der Waals surface area contributed by atoms with Crippen LogP contribution >= 0.6 is 0 Å². The van der Waals surface area contributed by atoms with Crippen LogP contribution in [0, 0.1) is 6.92 Å². The Kier molecular flexibility index (Phi) is 10.0. The summed E-state index contributed by atoms with van der Waals surface area (Å²) in [6, 6.07) is 3.35. The maximum Gasteiger partial charge on any atom is 0.271 e. The minimum absolute atomic E-state index is 0. The number of aromatic nitrogens is 2. The molecule has 2 aromatic heterocycles. The molecule has 2 aromatic rings. The van der Waals surface area contributed by atoms with E-state index < -0.39 is 0 Å². The normalized spacial score (nSPS) is 10.1. The van der Waals surface area contributed by atoms with Crippen LogP contribution in [0.15, 0.2) is 35.8 Å². The van der Waals surface area contributed by atoms with Crippen molar-refractivity contribution >= 4 is 12.1 Å². The van der Waals surface area contributed by atoms with E-state index in [9.17, 15) is 15.0 Å². The highest BCUT2D eigenvalue weighted by Crippen LogP contribution is 2.20. The molecule has 0 aliphatic carbocycles. The molecule has 0 unspecified atom stereocenters. The van der Waals surface area contributed by atoms with Gasteiger partial charge in [0, 0.05) is 19.1 Å². The molecule has 0 atom stereocenters. The Balaban J connectivity index is 0.00000288. The fraction of sp³-hybridized carbons (Fsp3) is 0.250. The zero-order chi connectivity index (χ0) is 17.0. The van der Waals surface area contributed by atoms with Crippen LogP contribution < -0.4 is 62.5 Å². The van der Waals surface area contributed by atoms with E-state index in [1.165, 1.54) is 6.21 Å². The number of hydrazone groups is 1. The van der Waals surface area contributed by atoms with Crippen molar-refractivity contribution in [2.75, 3.05) is 0 Å². The van der Waals surface area contributed by atoms with Crippen LogP contribution in [-0.2, 0) is 20.7 Å². The predicted molar refractivity (Wildman–Crippen MR) is 82.6 cm³/mol. The molecule has 0 spiro atoms. The zero-order valence-corrected chi connectivity index (χ0v) is 18.4. The summed E-state index contributed by atoms with van der Waals surface area (Å²) in [4.78, 5) is 12.0. The first-order valence-electron chi connectivity index (χ1n) is 7.04. The Hall–Kier alpha value is -1.34. The summed E-state index contributed by atoms with van der Waals surface area (Å²) in [5.41, 5.74) is 4.40. The van der Waals surface area contributed by atoms with Gasteiger partial charge in [0.2, 0.25) is 5.69 Å². The minimum Gasteiger partial charge on any atom is -1.00 e. The Bertz CT molecular complexity index is 765. The van der Waals surface area contributed by atoms with Gasteiger partial charge in [-0.15, -0.1) is 0 Å². The second-order valence-electron chi connectivity index (χ2n) is 5.22. The zero-order valence-electron chi connectivity index (χ0n) is 14.1. The number of aliphatic hydroxyl groups is 1. The molecule has 0 aliphatic rings. The van der Waals surface area contributed by atoms with Gasteiger partial charge in [0.05, 0.1) is 29.5 Å². The second kappa shape index (κ2) is 10.6. The number of nitrogens with one attached hydrogen (secondary N) is 1. The summed E-state index contributed by atoms with van der Waals surface area (Å²) in [5.74, 6) is -0.339. The molecule has 0 fully saturated rings. The summed E-state index contributed by atoms with van der Waals surface area (Å²) < 4.78 is 3.53. The molecule has 0 saturated heterocycles. The molecular formula is C16H20I2N4O3. The fourth-order valence-electron chi connectivity index (χ4n) is 2.06. The van der Waals surface area contributed by atoms with Gasteiger partial charge in [-0.2, -0.15) is 5.10 Å². The first kappa shape index (κ1) is 23.7. The first-order valence-corrected chi connectivity index (χ1v) is 7.04. The maximum absolute atomic E-state index is 12.0. The molecule has 0 radical (unpaired) electrons. The molecule has 25 heavy (non-hydrogen) atoms. The third kappa shape index (κ3) is 5.85. The number of halogens is 2. The summed E-state index contributed by atoms with van der Waals surface area (Å²) in [7, 11) is 3.63. The standard InChI is InChI=1S/C16H18N4O3.2HI/c1-11-15(22)14(13(10-21)9-20(11)3)8-17-18-16(23)12-4-6-19(2)7-5-12;;/h4-9,21H,10H2,1-3H3;2*1H. The Morgan fingerprint density at radius 1 is 1.28 bits per heavy atom. The lowest BCUT2D eigenvalue weighted by Crippen LogP contribution is -3.00. The molecular weight excluding hydrogens is 550 g/mol. The van der Waals surface area contributed by atoms with E-state index >= 15 is 0 Å². The number of hydrogen-bond donors (Lipinski definition) is 3. The van der Waals surface area contributed by atoms with Gasteiger partial charge in [0.25, 0.3) is 5.91 Å². The van der Waals surface area contributed by atoms with Crippen LogP contribution in [0.4, 0.5) is 0 Å². The number of carbonyl (C=O) groups excluding carboxylic acids is 1. The molecule has 0 bridgehead atoms. The second-order valence-corrected chi connectivity index (χ2v) is 5.22. The maximum atomic E-state index is 12.0. The molecule has 3 N–H and O–H groups in total. The van der Waals surface area contributed by atoms with Crippen LogP contribution in [0.25, 0.3) is 0 Å². The quantitative estimate of drug-likeness (QED) is 0.148. The van der Waals surface area contributed by atoms with Gasteiger partial charge in [-0.25, -0.2) is 14.6 Å². The number of pyridine rings is 2. The molecule has 0 aromatic carbocycles. The van der Waals surface area contributed by atoms with E-state index in [-0.39, 0.29) is 66.2 Å². The molecule has 0 saturated carbocycles. The van der Waals surface area contributed by atoms with Crippen molar-refractivity contribution in [1.82, 2.24) is 5.43 Å². The van der Waals surface area contributed by atoms with Crippen molar-refractivity contribution in [2.24, 2.45) is 19.2 Å². The topological polar surface area (TPSA) is 89.7 Å². The Morgan fingerprint density at radius 3 is 2.44 bits per heavy atom. The summed E-state index contributed by atoms with van der Waals surface area (Å²) in [5, 5.41) is 23.4. The summed E-state index contributed by atoms with van der Waals surface area (Å²) >= 11 is 0. The van der Waals surface area contributed by atoms with Crippen molar-refractivity contribution in [3.8, 4) is 5.75 Å². The van der Waals surface area contributed by atoms with Crippen LogP contribution in [0.3, 0.4) is 0 Å². The number of rotatable bonds is 4. The van der Waals surface area contributed by atoms with Gasteiger partial charge in [0.1, 0.15) is 14.1 Å². The van der Waals surface area contributed by atoms with Gasteiger partial charge >= 0.3 is 0 Å². The molecule has 7 nitrogen and oxygen atoms in total. The van der Waals surface area contributed by atoms with Crippen LogP contribution in [-0.4, -0.2) is 22.3 Å². The predicted octanol–water partition coefficient (Wildman–Crippen LogP) is -6.39. The van der Waals surface area contributed by atoms with Crippen molar-refractivity contribution in [3.63, 3.8) is 0 Å². The molecule has 9 heteroatoms. The number of nitrogens with zero attached hydrogens (tertiary/aromatic N) is 3. The smallest absolute Gasteiger partial charge is 0.271 e. The van der Waals surface area contributed by atoms with Gasteiger partial charge in [-0.1, -0.05) is 0 Å². The Labute approximate surface area is 180 Å². The molecule has 2 rings (SSSR count). The lowest BCUT2D eigenvalue weighted by molar-refractivity contribution is -0.678. The fourth-order valence-corrected chi connectivity index (χ4v) is 2.06. The third-order valence-electron chi connectivity index (χ3n) is 3.59. The van der Waals surface area contributed by atoms with E-state index in [1.54, 1.807) is 49.3 Å². The number of aliphatic hydroxyl groups excluding tert-OH is 1. The van der Waals surface area contributed by atoms with Crippen molar-refractivity contribution in [1.29, 1.82) is 0 Å². The monoisotopic (exact) mass is 570 g/mol. The van der Waals surface area contributed by atoms with E-state index in [1.807, 2.05) is 11.6 Å². The number of amides is 1. The third-order valence-corrected chi connectivity index (χ3v) is 3.59. The number of aromatic hydroxyl groups is 1. The van der Waals surface area contributed by atoms with Gasteiger partial charge < -0.3 is 58.2 Å². The molecule has 0 aliphatic heterocycles. The average Bonchev–Trinajstić information content (AvgIpc) is 2.55. The SMILES string of the molecule is Cc1c(O)c(/C=N/NC(=O)c2cc[n+](C)cc2)c(CO)c[n+]1C.[I-].[I-]. The first-order chi connectivity index (χ1) is 10.9. The van der Waals surface area contributed by atoms with Crippen molar-refractivity contribution in [2.45, 2.75) is 13.5 Å². The van der Waals surface area contributed by atoms with Crippen molar-refractivity contribution < 1.29 is 72.1 Å². The molecule has 1 amide bonds. The minimum atomic E-state index is -0.356. The van der Waals surface area contributed by atoms with E-state index in [2.05, 4.69) is 10.5 Å². The van der Waals surface area contributed by atoms with Gasteiger partial charge in [-0.05, 0) is 0 Å². The number of aryl methyl sites for hydroxylation is 2. The van der Waals surface area contributed by atoms with Gasteiger partial charge in [0.15, 0.2) is 24.3 Å². The largest absolute Gasteiger partial charge is 1.00 e. The Morgan fingerprint density at radius 2 is 1.88 bits per heavy atom. The highest BCUT2D eigenvalue weighted by molar-refractivity contribution is 5.95. The lowest BCUT2D eigenvalue weighted by Gasteiger charge is -2.06. The summed E-state index contributed by atoms with van der Waals surface area (Å²) in [6.45, 7) is 1.50. The van der Waals surface area contributed by atoms with Crippen LogP contribution in [0.5, 0.6) is 5.75 Å². The van der Waals surface area contributed by atoms with E-state index in [0.717, 1.165) is 0 Å². The number of carbonyl (C=O) groups is 1. The highest BCUT2D eigenvalue weighted by atomic mass is 127. The number of hydrogen-bond acceptors (Lipinski definition) is 4. The average molecular weight is 570 g/mol. The van der Waals surface area contributed by atoms with Gasteiger partial charge in [-0.3, -0.25) is 4.79 Å². The molecule has 2 heterocycles.